The number of hydrogen-bond donors (Lipinski definition) is 1. The molecule has 2 aromatic carbocycles. The molecule has 9 nitrogen and oxygen atoms in total. The maximum atomic E-state index is 11.7. The van der Waals surface area contributed by atoms with Gasteiger partial charge in [-0.2, -0.15) is 4.98 Å². The molecule has 28 heavy (non-hydrogen) atoms. The summed E-state index contributed by atoms with van der Waals surface area (Å²) in [6, 6.07) is 11.8. The molecule has 0 atom stereocenters. The third-order valence-electron chi connectivity index (χ3n) is 3.66. The second-order valence-electron chi connectivity index (χ2n) is 5.38. The van der Waals surface area contributed by atoms with Gasteiger partial charge in [0.15, 0.2) is 0 Å². The van der Waals surface area contributed by atoms with Crippen LogP contribution in [0, 0.1) is 10.1 Å². The Bertz CT molecular complexity index is 998. The molecule has 0 saturated carbocycles. The van der Waals surface area contributed by atoms with Gasteiger partial charge in [-0.25, -0.2) is 4.98 Å². The fourth-order valence-corrected chi connectivity index (χ4v) is 2.61. The predicted octanol–water partition coefficient (Wildman–Crippen LogP) is 4.70. The van der Waals surface area contributed by atoms with Crippen molar-refractivity contribution in [2.45, 2.75) is 0 Å². The SMILES string of the molecule is COc1ccc(OC)c(Nc2ncnc(Oc3ccc(Br)cc3)c2[N+](=O)[O-])c1. The second-order valence-corrected chi connectivity index (χ2v) is 6.30. The summed E-state index contributed by atoms with van der Waals surface area (Å²) in [6.07, 6.45) is 1.18. The molecular formula is C18H15BrN4O5. The van der Waals surface area contributed by atoms with E-state index in [0.29, 0.717) is 22.9 Å². The number of anilines is 2. The maximum absolute atomic E-state index is 11.7. The van der Waals surface area contributed by atoms with E-state index in [4.69, 9.17) is 14.2 Å². The highest BCUT2D eigenvalue weighted by atomic mass is 79.9. The van der Waals surface area contributed by atoms with Gasteiger partial charge in [0.25, 0.3) is 0 Å². The van der Waals surface area contributed by atoms with Crippen molar-refractivity contribution in [2.75, 3.05) is 19.5 Å². The molecule has 3 aromatic rings. The second kappa shape index (κ2) is 8.53. The topological polar surface area (TPSA) is 109 Å². The zero-order valence-corrected chi connectivity index (χ0v) is 16.5. The summed E-state index contributed by atoms with van der Waals surface area (Å²) >= 11 is 3.32. The van der Waals surface area contributed by atoms with Gasteiger partial charge in [0, 0.05) is 10.5 Å². The molecule has 0 amide bonds. The first-order chi connectivity index (χ1) is 13.5. The lowest BCUT2D eigenvalue weighted by Gasteiger charge is -2.13. The van der Waals surface area contributed by atoms with E-state index in [2.05, 4.69) is 31.2 Å². The Morgan fingerprint density at radius 3 is 2.39 bits per heavy atom. The smallest absolute Gasteiger partial charge is 0.373 e. The maximum Gasteiger partial charge on any atom is 0.373 e. The van der Waals surface area contributed by atoms with E-state index in [0.717, 1.165) is 4.47 Å². The fourth-order valence-electron chi connectivity index (χ4n) is 2.35. The van der Waals surface area contributed by atoms with E-state index >= 15 is 0 Å². The van der Waals surface area contributed by atoms with Crippen molar-refractivity contribution >= 4 is 33.1 Å². The summed E-state index contributed by atoms with van der Waals surface area (Å²) in [5.41, 5.74) is 0.0357. The lowest BCUT2D eigenvalue weighted by molar-refractivity contribution is -0.385. The lowest BCUT2D eigenvalue weighted by atomic mass is 10.2. The highest BCUT2D eigenvalue weighted by Crippen LogP contribution is 2.38. The summed E-state index contributed by atoms with van der Waals surface area (Å²) in [5.74, 6) is 1.18. The normalized spacial score (nSPS) is 10.2. The average molecular weight is 447 g/mol. The van der Waals surface area contributed by atoms with Crippen molar-refractivity contribution in [1.82, 2.24) is 9.97 Å². The number of benzene rings is 2. The Kier molecular flexibility index (Phi) is 5.90. The molecule has 1 aromatic heterocycles. The van der Waals surface area contributed by atoms with Crippen molar-refractivity contribution in [2.24, 2.45) is 0 Å². The van der Waals surface area contributed by atoms with Crippen LogP contribution in [0.4, 0.5) is 17.2 Å². The summed E-state index contributed by atoms with van der Waals surface area (Å²) in [7, 11) is 3.01. The molecule has 0 aliphatic heterocycles. The molecule has 0 aliphatic rings. The molecule has 0 unspecified atom stereocenters. The van der Waals surface area contributed by atoms with Gasteiger partial charge in [0.1, 0.15) is 23.6 Å². The molecule has 1 N–H and O–H groups in total. The van der Waals surface area contributed by atoms with Gasteiger partial charge in [0.05, 0.1) is 24.8 Å². The number of halogens is 1. The van der Waals surface area contributed by atoms with Crippen LogP contribution in [0.3, 0.4) is 0 Å². The number of methoxy groups -OCH3 is 2. The third kappa shape index (κ3) is 4.29. The minimum Gasteiger partial charge on any atom is -0.497 e. The van der Waals surface area contributed by atoms with Crippen LogP contribution in [0.25, 0.3) is 0 Å². The minimum absolute atomic E-state index is 0.0429. The van der Waals surface area contributed by atoms with Gasteiger partial charge in [-0.15, -0.1) is 0 Å². The fraction of sp³-hybridized carbons (Fsp3) is 0.111. The summed E-state index contributed by atoms with van der Waals surface area (Å²) in [6.45, 7) is 0. The molecular weight excluding hydrogens is 432 g/mol. The number of rotatable bonds is 7. The molecule has 144 valence electrons. The summed E-state index contributed by atoms with van der Waals surface area (Å²) in [5, 5.41) is 14.6. The summed E-state index contributed by atoms with van der Waals surface area (Å²) < 4.78 is 16.9. The third-order valence-corrected chi connectivity index (χ3v) is 4.19. The van der Waals surface area contributed by atoms with Gasteiger partial charge in [-0.05, 0) is 36.4 Å². The largest absolute Gasteiger partial charge is 0.497 e. The van der Waals surface area contributed by atoms with Crippen molar-refractivity contribution in [3.63, 3.8) is 0 Å². The van der Waals surface area contributed by atoms with Gasteiger partial charge in [-0.3, -0.25) is 10.1 Å². The van der Waals surface area contributed by atoms with E-state index in [9.17, 15) is 10.1 Å². The number of nitrogens with one attached hydrogen (secondary N) is 1. The van der Waals surface area contributed by atoms with E-state index in [1.807, 2.05) is 0 Å². The number of hydrogen-bond acceptors (Lipinski definition) is 8. The number of nitro groups is 1. The Balaban J connectivity index is 2.00. The highest BCUT2D eigenvalue weighted by Gasteiger charge is 2.26. The van der Waals surface area contributed by atoms with Crippen LogP contribution in [0.2, 0.25) is 0 Å². The van der Waals surface area contributed by atoms with Crippen LogP contribution in [0.5, 0.6) is 23.1 Å². The van der Waals surface area contributed by atoms with Crippen LogP contribution in [-0.4, -0.2) is 29.1 Å². The van der Waals surface area contributed by atoms with Gasteiger partial charge < -0.3 is 19.5 Å². The zero-order valence-electron chi connectivity index (χ0n) is 14.9. The number of ether oxygens (including phenoxy) is 3. The van der Waals surface area contributed by atoms with Crippen molar-refractivity contribution < 1.29 is 19.1 Å². The molecule has 0 aliphatic carbocycles. The number of nitrogens with zero attached hydrogens (tertiary/aromatic N) is 3. The van der Waals surface area contributed by atoms with Gasteiger partial charge in [0.2, 0.25) is 5.82 Å². The minimum atomic E-state index is -0.608. The van der Waals surface area contributed by atoms with Crippen LogP contribution >= 0.6 is 15.9 Å². The Labute approximate surface area is 168 Å². The quantitative estimate of drug-likeness (QED) is 0.410. The number of aromatic nitrogens is 2. The van der Waals surface area contributed by atoms with Crippen LogP contribution < -0.4 is 19.5 Å². The Hall–Kier alpha value is -3.40. The molecule has 0 spiro atoms. The first-order valence-corrected chi connectivity index (χ1v) is 8.73. The standard InChI is InChI=1S/C18H15BrN4O5/c1-26-13-7-8-15(27-2)14(9-13)22-17-16(23(24)25)18(21-10-20-17)28-12-5-3-11(19)4-6-12/h3-10H,1-2H3,(H,20,21,22). The van der Waals surface area contributed by atoms with Gasteiger partial charge >= 0.3 is 11.6 Å². The van der Waals surface area contributed by atoms with E-state index in [-0.39, 0.29) is 11.7 Å². The van der Waals surface area contributed by atoms with Crippen molar-refractivity contribution in [3.8, 4) is 23.1 Å². The van der Waals surface area contributed by atoms with Crippen LogP contribution in [0.15, 0.2) is 53.3 Å². The van der Waals surface area contributed by atoms with Crippen molar-refractivity contribution in [1.29, 1.82) is 0 Å². The highest BCUT2D eigenvalue weighted by molar-refractivity contribution is 9.10. The van der Waals surface area contributed by atoms with Crippen LogP contribution in [-0.2, 0) is 0 Å². The molecule has 3 rings (SSSR count). The molecule has 0 bridgehead atoms. The first kappa shape index (κ1) is 19.4. The average Bonchev–Trinajstić information content (AvgIpc) is 2.69. The van der Waals surface area contributed by atoms with Crippen LogP contribution in [0.1, 0.15) is 0 Å². The van der Waals surface area contributed by atoms with E-state index in [1.54, 1.807) is 42.5 Å². The molecule has 0 fully saturated rings. The molecule has 1 heterocycles. The monoisotopic (exact) mass is 446 g/mol. The van der Waals surface area contributed by atoms with Gasteiger partial charge in [-0.1, -0.05) is 15.9 Å². The predicted molar refractivity (Wildman–Crippen MR) is 106 cm³/mol. The molecule has 10 heteroatoms. The zero-order chi connectivity index (χ0) is 20.1. The Morgan fingerprint density at radius 1 is 1.04 bits per heavy atom. The summed E-state index contributed by atoms with van der Waals surface area (Å²) in [4.78, 5) is 19.0. The lowest BCUT2D eigenvalue weighted by Crippen LogP contribution is -2.04. The van der Waals surface area contributed by atoms with E-state index in [1.165, 1.54) is 20.5 Å². The Morgan fingerprint density at radius 2 is 1.75 bits per heavy atom. The van der Waals surface area contributed by atoms with Crippen molar-refractivity contribution in [3.05, 3.63) is 63.4 Å². The molecule has 0 radical (unpaired) electrons. The van der Waals surface area contributed by atoms with E-state index < -0.39 is 10.6 Å². The molecule has 0 saturated heterocycles. The first-order valence-electron chi connectivity index (χ1n) is 7.93.